The first-order valence-electron chi connectivity index (χ1n) is 9.76. The highest BCUT2D eigenvalue weighted by atomic mass is 79.9. The third-order valence-corrected chi connectivity index (χ3v) is 5.32. The number of aromatic nitrogens is 1. The lowest BCUT2D eigenvalue weighted by atomic mass is 10.2. The van der Waals surface area contributed by atoms with E-state index >= 15 is 0 Å². The van der Waals surface area contributed by atoms with Crippen LogP contribution in [-0.2, 0) is 6.54 Å². The van der Waals surface area contributed by atoms with Crippen LogP contribution in [0, 0.1) is 0 Å². The van der Waals surface area contributed by atoms with Gasteiger partial charge in [0.15, 0.2) is 0 Å². The topological polar surface area (TPSA) is 63.2 Å². The molecular formula is C25H20BrN3O2. The van der Waals surface area contributed by atoms with Crippen LogP contribution in [0.25, 0.3) is 0 Å². The Morgan fingerprint density at radius 2 is 1.55 bits per heavy atom. The molecule has 0 radical (unpaired) electrons. The van der Waals surface area contributed by atoms with Crippen molar-refractivity contribution >= 4 is 33.3 Å². The van der Waals surface area contributed by atoms with E-state index in [4.69, 9.17) is 4.74 Å². The predicted octanol–water partition coefficient (Wildman–Crippen LogP) is 6.50. The highest BCUT2D eigenvalue weighted by molar-refractivity contribution is 9.10. The Bertz CT molecular complexity index is 1160. The first-order chi connectivity index (χ1) is 15.2. The van der Waals surface area contributed by atoms with Gasteiger partial charge in [-0.25, -0.2) is 4.98 Å². The van der Waals surface area contributed by atoms with Crippen LogP contribution in [0.1, 0.15) is 15.9 Å². The standard InChI is InChI=1S/C25H20BrN3O2/c26-23-11-5-4-7-18(23)17-28-24-22(10-6-16-27-24)25(30)29-19-12-14-21(15-13-19)31-20-8-2-1-3-9-20/h1-16H,17H2,(H,27,28)(H,29,30). The van der Waals surface area contributed by atoms with Gasteiger partial charge in [0, 0.05) is 22.9 Å². The lowest BCUT2D eigenvalue weighted by Gasteiger charge is -2.12. The van der Waals surface area contributed by atoms with Crippen LogP contribution in [0.5, 0.6) is 11.5 Å². The highest BCUT2D eigenvalue weighted by Gasteiger charge is 2.13. The molecule has 2 N–H and O–H groups in total. The summed E-state index contributed by atoms with van der Waals surface area (Å²) in [6.45, 7) is 0.546. The fourth-order valence-corrected chi connectivity index (χ4v) is 3.40. The number of nitrogens with one attached hydrogen (secondary N) is 2. The molecule has 0 unspecified atom stereocenters. The van der Waals surface area contributed by atoms with Crippen molar-refractivity contribution in [1.82, 2.24) is 4.98 Å². The zero-order valence-corrected chi connectivity index (χ0v) is 18.2. The number of amides is 1. The molecule has 6 heteroatoms. The third kappa shape index (κ3) is 5.49. The number of ether oxygens (including phenoxy) is 1. The van der Waals surface area contributed by atoms with Crippen molar-refractivity contribution in [2.45, 2.75) is 6.54 Å². The zero-order chi connectivity index (χ0) is 21.5. The minimum atomic E-state index is -0.237. The quantitative estimate of drug-likeness (QED) is 0.321. The van der Waals surface area contributed by atoms with Gasteiger partial charge in [-0.2, -0.15) is 0 Å². The average Bonchev–Trinajstić information content (AvgIpc) is 2.81. The molecule has 0 spiro atoms. The molecule has 4 rings (SSSR count). The van der Waals surface area contributed by atoms with E-state index in [1.165, 1.54) is 0 Å². The van der Waals surface area contributed by atoms with Crippen LogP contribution in [-0.4, -0.2) is 10.9 Å². The summed E-state index contributed by atoms with van der Waals surface area (Å²) in [5.41, 5.74) is 2.22. The molecule has 0 aliphatic carbocycles. The molecule has 3 aromatic carbocycles. The van der Waals surface area contributed by atoms with Crippen LogP contribution in [0.4, 0.5) is 11.5 Å². The Hall–Kier alpha value is -3.64. The summed E-state index contributed by atoms with van der Waals surface area (Å²) in [7, 11) is 0. The van der Waals surface area contributed by atoms with Gasteiger partial charge in [-0.05, 0) is 60.2 Å². The SMILES string of the molecule is O=C(Nc1ccc(Oc2ccccc2)cc1)c1cccnc1NCc1ccccc1Br. The van der Waals surface area contributed by atoms with Crippen molar-refractivity contribution in [1.29, 1.82) is 0 Å². The molecule has 31 heavy (non-hydrogen) atoms. The van der Waals surface area contributed by atoms with Crippen molar-refractivity contribution in [2.75, 3.05) is 10.6 Å². The van der Waals surface area contributed by atoms with Crippen LogP contribution in [0.15, 0.2) is 102 Å². The molecule has 1 heterocycles. The maximum atomic E-state index is 12.9. The lowest BCUT2D eigenvalue weighted by molar-refractivity contribution is 0.102. The Kier molecular flexibility index (Phi) is 6.59. The molecule has 0 bridgehead atoms. The van der Waals surface area contributed by atoms with Crippen LogP contribution >= 0.6 is 15.9 Å². The summed E-state index contributed by atoms with van der Waals surface area (Å²) in [6, 6.07) is 28.2. The van der Waals surface area contributed by atoms with Crippen molar-refractivity contribution in [2.24, 2.45) is 0 Å². The van der Waals surface area contributed by atoms with E-state index in [9.17, 15) is 4.79 Å². The van der Waals surface area contributed by atoms with Gasteiger partial charge in [0.25, 0.3) is 5.91 Å². The van der Waals surface area contributed by atoms with Crippen molar-refractivity contribution in [3.05, 3.63) is 113 Å². The number of hydrogen-bond acceptors (Lipinski definition) is 4. The smallest absolute Gasteiger partial charge is 0.259 e. The summed E-state index contributed by atoms with van der Waals surface area (Å²) >= 11 is 3.54. The monoisotopic (exact) mass is 473 g/mol. The number of benzene rings is 3. The van der Waals surface area contributed by atoms with Gasteiger partial charge in [0.1, 0.15) is 17.3 Å². The molecule has 5 nitrogen and oxygen atoms in total. The van der Waals surface area contributed by atoms with E-state index in [0.29, 0.717) is 29.4 Å². The number of hydrogen-bond donors (Lipinski definition) is 2. The summed E-state index contributed by atoms with van der Waals surface area (Å²) in [4.78, 5) is 17.2. The third-order valence-electron chi connectivity index (χ3n) is 4.55. The summed E-state index contributed by atoms with van der Waals surface area (Å²) in [5, 5.41) is 6.17. The minimum Gasteiger partial charge on any atom is -0.457 e. The molecule has 4 aromatic rings. The Labute approximate surface area is 189 Å². The first-order valence-corrected chi connectivity index (χ1v) is 10.5. The average molecular weight is 474 g/mol. The molecule has 0 atom stereocenters. The molecule has 0 saturated carbocycles. The molecule has 154 valence electrons. The second-order valence-electron chi connectivity index (χ2n) is 6.74. The van der Waals surface area contributed by atoms with E-state index in [1.54, 1.807) is 30.5 Å². The van der Waals surface area contributed by atoms with Gasteiger partial charge in [-0.3, -0.25) is 4.79 Å². The largest absolute Gasteiger partial charge is 0.457 e. The second-order valence-corrected chi connectivity index (χ2v) is 7.59. The van der Waals surface area contributed by atoms with Gasteiger partial charge in [-0.15, -0.1) is 0 Å². The fraction of sp³-hybridized carbons (Fsp3) is 0.0400. The van der Waals surface area contributed by atoms with E-state index in [0.717, 1.165) is 15.8 Å². The number of pyridine rings is 1. The Morgan fingerprint density at radius 1 is 0.839 bits per heavy atom. The minimum absolute atomic E-state index is 0.237. The summed E-state index contributed by atoms with van der Waals surface area (Å²) < 4.78 is 6.79. The number of rotatable bonds is 7. The highest BCUT2D eigenvalue weighted by Crippen LogP contribution is 2.24. The first kappa shape index (κ1) is 20.6. The van der Waals surface area contributed by atoms with E-state index < -0.39 is 0 Å². The lowest BCUT2D eigenvalue weighted by Crippen LogP contribution is -2.15. The Morgan fingerprint density at radius 3 is 2.32 bits per heavy atom. The van der Waals surface area contributed by atoms with Crippen molar-refractivity contribution in [3.63, 3.8) is 0 Å². The molecular weight excluding hydrogens is 454 g/mol. The summed E-state index contributed by atoms with van der Waals surface area (Å²) in [6.07, 6.45) is 1.66. The number of anilines is 2. The maximum Gasteiger partial charge on any atom is 0.259 e. The van der Waals surface area contributed by atoms with Gasteiger partial charge >= 0.3 is 0 Å². The van der Waals surface area contributed by atoms with E-state index in [1.807, 2.05) is 66.7 Å². The number of para-hydroxylation sites is 1. The second kappa shape index (κ2) is 9.91. The van der Waals surface area contributed by atoms with Gasteiger partial charge in [-0.1, -0.05) is 52.3 Å². The van der Waals surface area contributed by atoms with E-state index in [2.05, 4.69) is 31.5 Å². The number of halogens is 1. The summed E-state index contributed by atoms with van der Waals surface area (Å²) in [5.74, 6) is 1.75. The zero-order valence-electron chi connectivity index (χ0n) is 16.6. The van der Waals surface area contributed by atoms with E-state index in [-0.39, 0.29) is 5.91 Å². The van der Waals surface area contributed by atoms with Gasteiger partial charge < -0.3 is 15.4 Å². The Balaban J connectivity index is 1.42. The molecule has 1 aromatic heterocycles. The molecule has 0 fully saturated rings. The van der Waals surface area contributed by atoms with Crippen molar-refractivity contribution in [3.8, 4) is 11.5 Å². The van der Waals surface area contributed by atoms with Gasteiger partial charge in [0.05, 0.1) is 5.56 Å². The molecule has 1 amide bonds. The van der Waals surface area contributed by atoms with Crippen LogP contribution in [0.3, 0.4) is 0 Å². The van der Waals surface area contributed by atoms with Crippen LogP contribution < -0.4 is 15.4 Å². The number of carbonyl (C=O) groups is 1. The fourth-order valence-electron chi connectivity index (χ4n) is 2.98. The predicted molar refractivity (Wildman–Crippen MR) is 127 cm³/mol. The van der Waals surface area contributed by atoms with Crippen LogP contribution in [0.2, 0.25) is 0 Å². The molecule has 0 aliphatic heterocycles. The number of nitrogens with zero attached hydrogens (tertiary/aromatic N) is 1. The van der Waals surface area contributed by atoms with Crippen molar-refractivity contribution < 1.29 is 9.53 Å². The maximum absolute atomic E-state index is 12.9. The normalized spacial score (nSPS) is 10.4. The molecule has 0 aliphatic rings. The van der Waals surface area contributed by atoms with Gasteiger partial charge in [0.2, 0.25) is 0 Å². The molecule has 0 saturated heterocycles. The number of carbonyl (C=O) groups excluding carboxylic acids is 1.